The number of halogens is 2. The molecule has 0 bridgehead atoms. The van der Waals surface area contributed by atoms with Crippen molar-refractivity contribution in [2.24, 2.45) is 0 Å². The van der Waals surface area contributed by atoms with Crippen LogP contribution in [-0.4, -0.2) is 50.8 Å². The predicted octanol–water partition coefficient (Wildman–Crippen LogP) is 2.18. The van der Waals surface area contributed by atoms with Crippen LogP contribution in [-0.2, 0) is 14.8 Å². The Morgan fingerprint density at radius 3 is 2.41 bits per heavy atom. The zero-order chi connectivity index (χ0) is 19.6. The van der Waals surface area contributed by atoms with Gasteiger partial charge in [0.15, 0.2) is 0 Å². The van der Waals surface area contributed by atoms with Crippen LogP contribution in [0.4, 0.5) is 0 Å². The van der Waals surface area contributed by atoms with E-state index in [9.17, 15) is 18.0 Å². The molecule has 27 heavy (non-hydrogen) atoms. The zero-order valence-corrected chi connectivity index (χ0v) is 17.0. The van der Waals surface area contributed by atoms with E-state index < -0.39 is 15.9 Å². The topological polar surface area (TPSA) is 95.6 Å². The number of rotatable bonds is 7. The van der Waals surface area contributed by atoms with Crippen molar-refractivity contribution < 1.29 is 18.0 Å². The van der Waals surface area contributed by atoms with Crippen molar-refractivity contribution >= 4 is 45.0 Å². The SMILES string of the molecule is O=C(NCCC(=O)N1CCCC1)c1cc(S(=O)(=O)NC2CC2)c(Cl)cc1Cl. The maximum Gasteiger partial charge on any atom is 0.252 e. The molecular weight excluding hydrogens is 413 g/mol. The Hall–Kier alpha value is -1.35. The van der Waals surface area contributed by atoms with E-state index in [-0.39, 0.29) is 45.4 Å². The third-order valence-electron chi connectivity index (χ3n) is 4.54. The maximum absolute atomic E-state index is 12.4. The lowest BCUT2D eigenvalue weighted by molar-refractivity contribution is -0.129. The molecule has 1 saturated carbocycles. The van der Waals surface area contributed by atoms with Gasteiger partial charge in [0.05, 0.1) is 15.6 Å². The molecule has 0 aromatic heterocycles. The highest BCUT2D eigenvalue weighted by Crippen LogP contribution is 2.30. The molecule has 1 aromatic carbocycles. The Bertz CT molecular complexity index is 850. The van der Waals surface area contributed by atoms with Crippen molar-refractivity contribution in [3.63, 3.8) is 0 Å². The summed E-state index contributed by atoms with van der Waals surface area (Å²) >= 11 is 12.1. The summed E-state index contributed by atoms with van der Waals surface area (Å²) in [5.74, 6) is -0.555. The Morgan fingerprint density at radius 1 is 1.11 bits per heavy atom. The summed E-state index contributed by atoms with van der Waals surface area (Å²) in [5.41, 5.74) is 0.00543. The summed E-state index contributed by atoms with van der Waals surface area (Å²) in [6.45, 7) is 1.66. The molecule has 3 rings (SSSR count). The van der Waals surface area contributed by atoms with Crippen molar-refractivity contribution in [1.29, 1.82) is 0 Å². The lowest BCUT2D eigenvalue weighted by Crippen LogP contribution is -2.33. The van der Waals surface area contributed by atoms with Gasteiger partial charge in [0.25, 0.3) is 5.91 Å². The lowest BCUT2D eigenvalue weighted by Gasteiger charge is -2.15. The molecule has 2 amide bonds. The zero-order valence-electron chi connectivity index (χ0n) is 14.6. The molecule has 1 saturated heterocycles. The number of nitrogens with one attached hydrogen (secondary N) is 2. The van der Waals surface area contributed by atoms with Crippen molar-refractivity contribution in [3.8, 4) is 0 Å². The highest BCUT2D eigenvalue weighted by molar-refractivity contribution is 7.89. The Balaban J connectivity index is 1.66. The molecule has 1 aromatic rings. The van der Waals surface area contributed by atoms with E-state index >= 15 is 0 Å². The number of sulfonamides is 1. The number of hydrogen-bond donors (Lipinski definition) is 2. The second-order valence-electron chi connectivity index (χ2n) is 6.75. The van der Waals surface area contributed by atoms with Crippen LogP contribution in [0.3, 0.4) is 0 Å². The third kappa shape index (κ3) is 5.13. The molecule has 2 N–H and O–H groups in total. The minimum absolute atomic E-state index is 0.00543. The summed E-state index contributed by atoms with van der Waals surface area (Å²) in [6, 6.07) is 2.33. The molecular formula is C17H21Cl2N3O4S. The summed E-state index contributed by atoms with van der Waals surface area (Å²) in [4.78, 5) is 26.0. The van der Waals surface area contributed by atoms with Gasteiger partial charge in [-0.2, -0.15) is 0 Å². The second kappa shape index (κ2) is 8.34. The first-order chi connectivity index (χ1) is 12.8. The van der Waals surface area contributed by atoms with Crippen LogP contribution in [0.25, 0.3) is 0 Å². The molecule has 0 atom stereocenters. The summed E-state index contributed by atoms with van der Waals surface area (Å²) in [7, 11) is -3.83. The van der Waals surface area contributed by atoms with Crippen LogP contribution >= 0.6 is 23.2 Å². The Kier molecular flexibility index (Phi) is 6.30. The van der Waals surface area contributed by atoms with Crippen molar-refractivity contribution in [2.75, 3.05) is 19.6 Å². The van der Waals surface area contributed by atoms with Gasteiger partial charge in [-0.15, -0.1) is 0 Å². The second-order valence-corrected chi connectivity index (χ2v) is 9.25. The first-order valence-corrected chi connectivity index (χ1v) is 11.1. The van der Waals surface area contributed by atoms with Crippen LogP contribution in [0, 0.1) is 0 Å². The highest BCUT2D eigenvalue weighted by atomic mass is 35.5. The standard InChI is InChI=1S/C17H21Cl2N3O4S/c18-13-10-14(19)15(27(25,26)21-11-3-4-11)9-12(13)17(24)20-6-5-16(23)22-7-1-2-8-22/h9-11,21H,1-8H2,(H,20,24). The van der Waals surface area contributed by atoms with Crippen molar-refractivity contribution in [2.45, 2.75) is 43.0 Å². The average molecular weight is 434 g/mol. The molecule has 10 heteroatoms. The predicted molar refractivity (Wildman–Crippen MR) is 103 cm³/mol. The average Bonchev–Trinajstić information content (AvgIpc) is 3.22. The number of amides is 2. The summed E-state index contributed by atoms with van der Waals surface area (Å²) < 4.78 is 27.4. The lowest BCUT2D eigenvalue weighted by atomic mass is 10.2. The van der Waals surface area contributed by atoms with Crippen LogP contribution in [0.1, 0.15) is 42.5 Å². The molecule has 1 aliphatic heterocycles. The van der Waals surface area contributed by atoms with Crippen LogP contribution in [0.2, 0.25) is 10.0 Å². The first kappa shape index (κ1) is 20.4. The molecule has 0 spiro atoms. The first-order valence-electron chi connectivity index (χ1n) is 8.85. The summed E-state index contributed by atoms with van der Waals surface area (Å²) in [6.07, 6.45) is 3.76. The van der Waals surface area contributed by atoms with Crippen LogP contribution in [0.15, 0.2) is 17.0 Å². The summed E-state index contributed by atoms with van der Waals surface area (Å²) in [5, 5.41) is 2.62. The van der Waals surface area contributed by atoms with Crippen molar-refractivity contribution in [1.82, 2.24) is 14.9 Å². The van der Waals surface area contributed by atoms with E-state index in [1.165, 1.54) is 12.1 Å². The van der Waals surface area contributed by atoms with E-state index in [4.69, 9.17) is 23.2 Å². The molecule has 1 aliphatic carbocycles. The van der Waals surface area contributed by atoms with Gasteiger partial charge >= 0.3 is 0 Å². The monoisotopic (exact) mass is 433 g/mol. The van der Waals surface area contributed by atoms with Gasteiger partial charge in [-0.05, 0) is 37.8 Å². The molecule has 7 nitrogen and oxygen atoms in total. The maximum atomic E-state index is 12.4. The fourth-order valence-corrected chi connectivity index (χ4v) is 5.06. The molecule has 2 fully saturated rings. The number of benzene rings is 1. The fourth-order valence-electron chi connectivity index (χ4n) is 2.90. The molecule has 0 unspecified atom stereocenters. The van der Waals surface area contributed by atoms with E-state index in [1.54, 1.807) is 4.90 Å². The van der Waals surface area contributed by atoms with Gasteiger partial charge in [-0.25, -0.2) is 13.1 Å². The molecule has 2 aliphatic rings. The van der Waals surface area contributed by atoms with Gasteiger partial charge in [0, 0.05) is 32.1 Å². The number of carbonyl (C=O) groups excluding carboxylic acids is 2. The molecule has 0 radical (unpaired) electrons. The number of nitrogens with zero attached hydrogens (tertiary/aromatic N) is 1. The smallest absolute Gasteiger partial charge is 0.252 e. The van der Waals surface area contributed by atoms with Gasteiger partial charge < -0.3 is 10.2 Å². The molecule has 148 valence electrons. The van der Waals surface area contributed by atoms with Crippen LogP contribution in [0.5, 0.6) is 0 Å². The number of likely N-dealkylation sites (tertiary alicyclic amines) is 1. The van der Waals surface area contributed by atoms with Crippen LogP contribution < -0.4 is 10.0 Å². The fraction of sp³-hybridized carbons (Fsp3) is 0.529. The van der Waals surface area contributed by atoms with Crippen molar-refractivity contribution in [3.05, 3.63) is 27.7 Å². The Labute approximate surface area is 168 Å². The van der Waals surface area contributed by atoms with E-state index in [0.717, 1.165) is 38.8 Å². The quantitative estimate of drug-likeness (QED) is 0.688. The normalized spacial score (nSPS) is 17.2. The van der Waals surface area contributed by atoms with E-state index in [0.29, 0.717) is 0 Å². The minimum Gasteiger partial charge on any atom is -0.351 e. The minimum atomic E-state index is -3.83. The van der Waals surface area contributed by atoms with E-state index in [2.05, 4.69) is 10.0 Å². The number of hydrogen-bond acceptors (Lipinski definition) is 4. The Morgan fingerprint density at radius 2 is 1.78 bits per heavy atom. The highest BCUT2D eigenvalue weighted by Gasteiger charge is 2.30. The molecule has 1 heterocycles. The van der Waals surface area contributed by atoms with Gasteiger partial charge in [0.2, 0.25) is 15.9 Å². The van der Waals surface area contributed by atoms with Gasteiger partial charge in [-0.1, -0.05) is 23.2 Å². The largest absolute Gasteiger partial charge is 0.351 e. The third-order valence-corrected chi connectivity index (χ3v) is 6.84. The van der Waals surface area contributed by atoms with Gasteiger partial charge in [0.1, 0.15) is 4.90 Å². The number of carbonyl (C=O) groups is 2. The van der Waals surface area contributed by atoms with Gasteiger partial charge in [-0.3, -0.25) is 9.59 Å². The van der Waals surface area contributed by atoms with E-state index in [1.807, 2.05) is 0 Å².